The van der Waals surface area contributed by atoms with Crippen LogP contribution in [0, 0.1) is 12.3 Å². The van der Waals surface area contributed by atoms with Crippen molar-refractivity contribution >= 4 is 23.1 Å². The Morgan fingerprint density at radius 3 is 3.11 bits per heavy atom. The molecule has 1 aromatic heterocycles. The quantitative estimate of drug-likeness (QED) is 0.870. The molecule has 0 saturated carbocycles. The van der Waals surface area contributed by atoms with Gasteiger partial charge in [-0.3, -0.25) is 4.79 Å². The molecule has 0 radical (unpaired) electrons. The van der Waals surface area contributed by atoms with Gasteiger partial charge in [0.05, 0.1) is 5.69 Å². The number of carbonyl (C=O) groups is 1. The highest BCUT2D eigenvalue weighted by Gasteiger charge is 2.15. The topological polar surface area (TPSA) is 54.9 Å². The molecule has 96 valence electrons. The predicted molar refractivity (Wildman–Crippen MR) is 76.2 cm³/mol. The third-order valence-electron chi connectivity index (χ3n) is 2.54. The molecule has 1 heterocycles. The van der Waals surface area contributed by atoms with E-state index in [1.54, 1.807) is 12.1 Å². The van der Waals surface area contributed by atoms with E-state index < -0.39 is 0 Å². The van der Waals surface area contributed by atoms with E-state index in [1.165, 1.54) is 0 Å². The maximum absolute atomic E-state index is 12.1. The second-order valence-corrected chi connectivity index (χ2v) is 4.73. The molecule has 0 aliphatic heterocycles. The molecule has 1 N–H and O–H groups in total. The number of terminal acetylenes is 1. The van der Waals surface area contributed by atoms with Gasteiger partial charge in [0.15, 0.2) is 0 Å². The molecule has 0 aliphatic carbocycles. The number of rotatable bonds is 4. The molecule has 0 atom stereocenters. The van der Waals surface area contributed by atoms with Crippen LogP contribution in [-0.4, -0.2) is 15.5 Å². The first kappa shape index (κ1) is 13.2. The van der Waals surface area contributed by atoms with Crippen LogP contribution in [0.1, 0.15) is 34.3 Å². The van der Waals surface area contributed by atoms with Crippen molar-refractivity contribution in [3.05, 3.63) is 40.4 Å². The van der Waals surface area contributed by atoms with Gasteiger partial charge < -0.3 is 5.32 Å². The van der Waals surface area contributed by atoms with E-state index in [-0.39, 0.29) is 5.91 Å². The fraction of sp³-hybridized carbons (Fsp3) is 0.214. The lowest BCUT2D eigenvalue weighted by Crippen LogP contribution is -2.12. The number of aromatic nitrogens is 2. The highest BCUT2D eigenvalue weighted by Crippen LogP contribution is 2.16. The minimum absolute atomic E-state index is 0.187. The third-order valence-corrected chi connectivity index (χ3v) is 3.30. The zero-order valence-corrected chi connectivity index (χ0v) is 11.3. The number of carbonyl (C=O) groups excluding carboxylic acids is 1. The SMILES string of the molecule is C#Cc1cccc(NC(=O)c2snnc2CCC)c1. The largest absolute Gasteiger partial charge is 0.321 e. The number of aryl methyl sites for hydroxylation is 1. The molecule has 0 bridgehead atoms. The second-order valence-electron chi connectivity index (χ2n) is 3.98. The summed E-state index contributed by atoms with van der Waals surface area (Å²) in [5.74, 6) is 2.35. The Bertz CT molecular complexity index is 628. The number of anilines is 1. The van der Waals surface area contributed by atoms with Gasteiger partial charge in [0.1, 0.15) is 4.88 Å². The van der Waals surface area contributed by atoms with Gasteiger partial charge in [-0.25, -0.2) is 0 Å². The van der Waals surface area contributed by atoms with Crippen LogP contribution in [0.5, 0.6) is 0 Å². The number of hydrogen-bond acceptors (Lipinski definition) is 4. The van der Waals surface area contributed by atoms with Gasteiger partial charge in [-0.2, -0.15) is 0 Å². The van der Waals surface area contributed by atoms with Gasteiger partial charge in [0.25, 0.3) is 5.91 Å². The van der Waals surface area contributed by atoms with Gasteiger partial charge in [0.2, 0.25) is 0 Å². The fourth-order valence-corrected chi connectivity index (χ4v) is 2.26. The Labute approximate surface area is 116 Å². The Balaban J connectivity index is 2.16. The third kappa shape index (κ3) is 3.18. The zero-order valence-electron chi connectivity index (χ0n) is 10.5. The van der Waals surface area contributed by atoms with Crippen LogP contribution < -0.4 is 5.32 Å². The molecule has 2 aromatic rings. The lowest BCUT2D eigenvalue weighted by Gasteiger charge is -2.04. The molecule has 0 spiro atoms. The van der Waals surface area contributed by atoms with Crippen LogP contribution in [0.15, 0.2) is 24.3 Å². The molecule has 1 aromatic carbocycles. The molecule has 1 amide bonds. The molecule has 2 rings (SSSR count). The number of amides is 1. The Morgan fingerprint density at radius 1 is 1.53 bits per heavy atom. The molecular formula is C14H13N3OS. The highest BCUT2D eigenvalue weighted by molar-refractivity contribution is 7.08. The number of nitrogens with zero attached hydrogens (tertiary/aromatic N) is 2. The standard InChI is InChI=1S/C14H13N3OS/c1-3-6-12-13(19-17-16-12)14(18)15-11-8-5-7-10(4-2)9-11/h2,5,7-9H,3,6H2,1H3,(H,15,18). The van der Waals surface area contributed by atoms with Crippen LogP contribution >= 0.6 is 11.5 Å². The van der Waals surface area contributed by atoms with Crippen LogP contribution in [-0.2, 0) is 6.42 Å². The molecule has 19 heavy (non-hydrogen) atoms. The Kier molecular flexibility index (Phi) is 4.26. The van der Waals surface area contributed by atoms with Gasteiger partial charge in [-0.1, -0.05) is 29.8 Å². The average molecular weight is 271 g/mol. The van der Waals surface area contributed by atoms with Crippen molar-refractivity contribution in [2.45, 2.75) is 19.8 Å². The van der Waals surface area contributed by atoms with Gasteiger partial charge in [0, 0.05) is 11.3 Å². The summed E-state index contributed by atoms with van der Waals surface area (Å²) in [7, 11) is 0. The minimum Gasteiger partial charge on any atom is -0.321 e. The summed E-state index contributed by atoms with van der Waals surface area (Å²) in [6, 6.07) is 7.17. The Morgan fingerprint density at radius 2 is 2.37 bits per heavy atom. The molecular weight excluding hydrogens is 258 g/mol. The first-order valence-corrected chi connectivity index (χ1v) is 6.71. The van der Waals surface area contributed by atoms with Crippen molar-refractivity contribution < 1.29 is 4.79 Å². The number of nitrogens with one attached hydrogen (secondary N) is 1. The van der Waals surface area contributed by atoms with E-state index >= 15 is 0 Å². The summed E-state index contributed by atoms with van der Waals surface area (Å²) in [6.45, 7) is 2.04. The van der Waals surface area contributed by atoms with E-state index in [4.69, 9.17) is 6.42 Å². The van der Waals surface area contributed by atoms with E-state index in [1.807, 2.05) is 19.1 Å². The smallest absolute Gasteiger partial charge is 0.269 e. The maximum atomic E-state index is 12.1. The summed E-state index contributed by atoms with van der Waals surface area (Å²) in [4.78, 5) is 12.7. The second kappa shape index (κ2) is 6.12. The van der Waals surface area contributed by atoms with Crippen molar-refractivity contribution in [1.82, 2.24) is 9.59 Å². The van der Waals surface area contributed by atoms with Crippen LogP contribution in [0.25, 0.3) is 0 Å². The van der Waals surface area contributed by atoms with Crippen LogP contribution in [0.4, 0.5) is 5.69 Å². The van der Waals surface area contributed by atoms with Gasteiger partial charge >= 0.3 is 0 Å². The van der Waals surface area contributed by atoms with Gasteiger partial charge in [-0.15, -0.1) is 11.5 Å². The van der Waals surface area contributed by atoms with E-state index in [2.05, 4.69) is 20.8 Å². The van der Waals surface area contributed by atoms with Gasteiger partial charge in [-0.05, 0) is 36.2 Å². The van der Waals surface area contributed by atoms with Crippen molar-refractivity contribution in [1.29, 1.82) is 0 Å². The molecule has 4 nitrogen and oxygen atoms in total. The summed E-state index contributed by atoms with van der Waals surface area (Å²) in [5.41, 5.74) is 2.16. The van der Waals surface area contributed by atoms with E-state index in [0.717, 1.165) is 35.6 Å². The summed E-state index contributed by atoms with van der Waals surface area (Å²) in [5, 5.41) is 6.79. The minimum atomic E-state index is -0.187. The number of hydrogen-bond donors (Lipinski definition) is 1. The van der Waals surface area contributed by atoms with Crippen molar-refractivity contribution in [3.63, 3.8) is 0 Å². The molecule has 0 saturated heterocycles. The lowest BCUT2D eigenvalue weighted by atomic mass is 10.2. The van der Waals surface area contributed by atoms with Crippen LogP contribution in [0.2, 0.25) is 0 Å². The molecule has 0 aliphatic rings. The summed E-state index contributed by atoms with van der Waals surface area (Å²) >= 11 is 1.11. The van der Waals surface area contributed by atoms with Crippen molar-refractivity contribution in [2.75, 3.05) is 5.32 Å². The number of benzene rings is 1. The van der Waals surface area contributed by atoms with Crippen molar-refractivity contribution in [2.24, 2.45) is 0 Å². The monoisotopic (exact) mass is 271 g/mol. The van der Waals surface area contributed by atoms with E-state index in [9.17, 15) is 4.79 Å². The summed E-state index contributed by atoms with van der Waals surface area (Å²) in [6.07, 6.45) is 7.01. The average Bonchev–Trinajstić information content (AvgIpc) is 2.88. The molecule has 5 heteroatoms. The van der Waals surface area contributed by atoms with Crippen molar-refractivity contribution in [3.8, 4) is 12.3 Å². The highest BCUT2D eigenvalue weighted by atomic mass is 32.1. The normalized spacial score (nSPS) is 9.89. The first-order chi connectivity index (χ1) is 9.24. The first-order valence-electron chi connectivity index (χ1n) is 5.94. The predicted octanol–water partition coefficient (Wildman–Crippen LogP) is 2.72. The molecule has 0 unspecified atom stereocenters. The summed E-state index contributed by atoms with van der Waals surface area (Å²) < 4.78 is 3.84. The zero-order chi connectivity index (χ0) is 13.7. The fourth-order valence-electron chi connectivity index (χ4n) is 1.66. The lowest BCUT2D eigenvalue weighted by molar-refractivity contribution is 0.102. The molecule has 0 fully saturated rings. The maximum Gasteiger partial charge on any atom is 0.269 e. The Hall–Kier alpha value is -2.19. The van der Waals surface area contributed by atoms with E-state index in [0.29, 0.717) is 10.6 Å². The van der Waals surface area contributed by atoms with Crippen LogP contribution in [0.3, 0.4) is 0 Å².